The predicted molar refractivity (Wildman–Crippen MR) is 91.9 cm³/mol. The van der Waals surface area contributed by atoms with Crippen molar-refractivity contribution in [2.75, 3.05) is 31.1 Å². The molecule has 1 atom stereocenters. The van der Waals surface area contributed by atoms with E-state index in [-0.39, 0.29) is 0 Å². The van der Waals surface area contributed by atoms with Gasteiger partial charge in [-0.3, -0.25) is 0 Å². The monoisotopic (exact) mass is 323 g/mol. The van der Waals surface area contributed by atoms with Gasteiger partial charge in [-0.1, -0.05) is 0 Å². The Balaban J connectivity index is 1.41. The lowest BCUT2D eigenvalue weighted by atomic mass is 10.1. The molecule has 2 aromatic rings. The highest BCUT2D eigenvalue weighted by atomic mass is 16.5. The molecule has 1 aromatic heterocycles. The number of nitriles is 1. The van der Waals surface area contributed by atoms with Gasteiger partial charge >= 0.3 is 0 Å². The van der Waals surface area contributed by atoms with Gasteiger partial charge < -0.3 is 15.0 Å². The van der Waals surface area contributed by atoms with Crippen molar-refractivity contribution in [1.82, 2.24) is 15.5 Å². The van der Waals surface area contributed by atoms with Crippen LogP contribution in [-0.2, 0) is 0 Å². The van der Waals surface area contributed by atoms with Crippen molar-refractivity contribution in [3.63, 3.8) is 0 Å². The molecule has 124 valence electrons. The number of piperidine rings is 1. The SMILES string of the molecule is N#Cc1ccc(OCCNC2CCCN(c3cccnn3)C2)cc1. The Kier molecular flexibility index (Phi) is 5.59. The van der Waals surface area contributed by atoms with E-state index in [1.54, 1.807) is 18.3 Å². The molecule has 1 aromatic carbocycles. The van der Waals surface area contributed by atoms with Gasteiger partial charge in [0.1, 0.15) is 12.4 Å². The van der Waals surface area contributed by atoms with Crippen molar-refractivity contribution in [2.24, 2.45) is 0 Å². The van der Waals surface area contributed by atoms with Crippen molar-refractivity contribution in [2.45, 2.75) is 18.9 Å². The second-order valence-corrected chi connectivity index (χ2v) is 5.81. The first-order valence-corrected chi connectivity index (χ1v) is 8.24. The second-order valence-electron chi connectivity index (χ2n) is 5.81. The molecule has 0 bridgehead atoms. The molecule has 1 saturated heterocycles. The van der Waals surface area contributed by atoms with Gasteiger partial charge in [0, 0.05) is 31.9 Å². The van der Waals surface area contributed by atoms with Crippen LogP contribution in [0.4, 0.5) is 5.82 Å². The fourth-order valence-corrected chi connectivity index (χ4v) is 2.87. The lowest BCUT2D eigenvalue weighted by Crippen LogP contribution is -2.47. The third-order valence-electron chi connectivity index (χ3n) is 4.09. The maximum Gasteiger partial charge on any atom is 0.151 e. The average molecular weight is 323 g/mol. The highest BCUT2D eigenvalue weighted by Gasteiger charge is 2.20. The van der Waals surface area contributed by atoms with Crippen LogP contribution in [0, 0.1) is 11.3 Å². The molecule has 0 saturated carbocycles. The molecule has 0 amide bonds. The predicted octanol–water partition coefficient (Wildman–Crippen LogP) is 1.99. The summed E-state index contributed by atoms with van der Waals surface area (Å²) in [7, 11) is 0. The lowest BCUT2D eigenvalue weighted by Gasteiger charge is -2.33. The zero-order chi connectivity index (χ0) is 16.6. The Bertz CT molecular complexity index is 668. The van der Waals surface area contributed by atoms with E-state index in [0.29, 0.717) is 18.2 Å². The molecule has 0 spiro atoms. The molecule has 2 heterocycles. The number of hydrogen-bond donors (Lipinski definition) is 1. The molecule has 1 aliphatic heterocycles. The van der Waals surface area contributed by atoms with Gasteiger partial charge in [0.2, 0.25) is 0 Å². The molecule has 0 aliphatic carbocycles. The topological polar surface area (TPSA) is 74.1 Å². The summed E-state index contributed by atoms with van der Waals surface area (Å²) in [5.41, 5.74) is 0.645. The summed E-state index contributed by atoms with van der Waals surface area (Å²) >= 11 is 0. The largest absolute Gasteiger partial charge is 0.492 e. The zero-order valence-electron chi connectivity index (χ0n) is 13.6. The molecule has 0 radical (unpaired) electrons. The fraction of sp³-hybridized carbons (Fsp3) is 0.389. The summed E-state index contributed by atoms with van der Waals surface area (Å²) in [6.07, 6.45) is 4.00. The average Bonchev–Trinajstić information content (AvgIpc) is 2.67. The molecule has 1 unspecified atom stereocenters. The molecule has 1 N–H and O–H groups in total. The summed E-state index contributed by atoms with van der Waals surface area (Å²) in [4.78, 5) is 2.27. The Hall–Kier alpha value is -2.65. The van der Waals surface area contributed by atoms with E-state index in [1.165, 1.54) is 0 Å². The van der Waals surface area contributed by atoms with Crippen LogP contribution in [0.2, 0.25) is 0 Å². The summed E-state index contributed by atoms with van der Waals surface area (Å²) in [5, 5.41) is 20.5. The summed E-state index contributed by atoms with van der Waals surface area (Å²) < 4.78 is 5.70. The minimum absolute atomic E-state index is 0.435. The number of nitrogens with one attached hydrogen (secondary N) is 1. The third-order valence-corrected chi connectivity index (χ3v) is 4.09. The van der Waals surface area contributed by atoms with Gasteiger partial charge in [0.25, 0.3) is 0 Å². The van der Waals surface area contributed by atoms with Gasteiger partial charge in [-0.05, 0) is 49.2 Å². The molecule has 6 heteroatoms. The first kappa shape index (κ1) is 16.2. The fourth-order valence-electron chi connectivity index (χ4n) is 2.87. The van der Waals surface area contributed by atoms with Crippen LogP contribution in [0.3, 0.4) is 0 Å². The van der Waals surface area contributed by atoms with E-state index in [2.05, 4.69) is 26.5 Å². The van der Waals surface area contributed by atoms with Gasteiger partial charge in [0.05, 0.1) is 11.6 Å². The van der Waals surface area contributed by atoms with Crippen LogP contribution in [0.25, 0.3) is 0 Å². The smallest absolute Gasteiger partial charge is 0.151 e. The van der Waals surface area contributed by atoms with Crippen molar-refractivity contribution in [1.29, 1.82) is 5.26 Å². The van der Waals surface area contributed by atoms with Crippen LogP contribution < -0.4 is 15.0 Å². The van der Waals surface area contributed by atoms with Gasteiger partial charge in [-0.2, -0.15) is 10.4 Å². The number of benzene rings is 1. The van der Waals surface area contributed by atoms with E-state index >= 15 is 0 Å². The molecule has 6 nitrogen and oxygen atoms in total. The highest BCUT2D eigenvalue weighted by Crippen LogP contribution is 2.16. The molecular formula is C18H21N5O. The second kappa shape index (κ2) is 8.27. The zero-order valence-corrected chi connectivity index (χ0v) is 13.6. The number of nitrogens with zero attached hydrogens (tertiary/aromatic N) is 4. The first-order valence-electron chi connectivity index (χ1n) is 8.24. The van der Waals surface area contributed by atoms with Crippen molar-refractivity contribution in [3.8, 4) is 11.8 Å². The number of rotatable bonds is 6. The van der Waals surface area contributed by atoms with Crippen molar-refractivity contribution in [3.05, 3.63) is 48.2 Å². The van der Waals surface area contributed by atoms with E-state index in [9.17, 15) is 0 Å². The summed E-state index contributed by atoms with van der Waals surface area (Å²) in [5.74, 6) is 1.73. The summed E-state index contributed by atoms with van der Waals surface area (Å²) in [6.45, 7) is 3.36. The maximum absolute atomic E-state index is 8.78. The van der Waals surface area contributed by atoms with Gasteiger partial charge in [-0.15, -0.1) is 5.10 Å². The van der Waals surface area contributed by atoms with Crippen molar-refractivity contribution < 1.29 is 4.74 Å². The normalized spacial score (nSPS) is 17.3. The Morgan fingerprint density at radius 1 is 1.29 bits per heavy atom. The van der Waals surface area contributed by atoms with Gasteiger partial charge in [0.15, 0.2) is 5.82 Å². The molecule has 1 aliphatic rings. The number of anilines is 1. The Morgan fingerprint density at radius 3 is 2.92 bits per heavy atom. The number of ether oxygens (including phenoxy) is 1. The van der Waals surface area contributed by atoms with Crippen LogP contribution in [0.5, 0.6) is 5.75 Å². The quantitative estimate of drug-likeness (QED) is 0.820. The number of aromatic nitrogens is 2. The highest BCUT2D eigenvalue weighted by molar-refractivity contribution is 5.37. The van der Waals surface area contributed by atoms with Crippen LogP contribution in [0.15, 0.2) is 42.6 Å². The maximum atomic E-state index is 8.78. The van der Waals surface area contributed by atoms with Crippen LogP contribution in [0.1, 0.15) is 18.4 Å². The molecule has 1 fully saturated rings. The minimum Gasteiger partial charge on any atom is -0.492 e. The lowest BCUT2D eigenvalue weighted by molar-refractivity contribution is 0.298. The van der Waals surface area contributed by atoms with E-state index in [1.807, 2.05) is 24.3 Å². The van der Waals surface area contributed by atoms with Crippen LogP contribution in [-0.4, -0.2) is 42.5 Å². The van der Waals surface area contributed by atoms with E-state index < -0.39 is 0 Å². The molecular weight excluding hydrogens is 302 g/mol. The van der Waals surface area contributed by atoms with E-state index in [0.717, 1.165) is 44.0 Å². The molecule has 3 rings (SSSR count). The van der Waals surface area contributed by atoms with Crippen LogP contribution >= 0.6 is 0 Å². The Morgan fingerprint density at radius 2 is 2.17 bits per heavy atom. The molecule has 24 heavy (non-hydrogen) atoms. The number of hydrogen-bond acceptors (Lipinski definition) is 6. The summed E-state index contributed by atoms with van der Waals surface area (Å²) in [6, 6.07) is 13.6. The third kappa shape index (κ3) is 4.43. The Labute approximate surface area is 142 Å². The standard InChI is InChI=1S/C18H21N5O/c19-13-15-5-7-17(8-6-15)24-12-10-20-16-3-2-11-23(14-16)18-4-1-9-21-22-18/h1,4-9,16,20H,2-3,10-12,14H2. The minimum atomic E-state index is 0.435. The van der Waals surface area contributed by atoms with E-state index in [4.69, 9.17) is 10.00 Å². The first-order chi connectivity index (χ1) is 11.8. The van der Waals surface area contributed by atoms with Gasteiger partial charge in [-0.25, -0.2) is 0 Å². The van der Waals surface area contributed by atoms with Crippen molar-refractivity contribution >= 4 is 5.82 Å².